The Hall–Kier alpha value is -2.31. The zero-order valence-corrected chi connectivity index (χ0v) is 13.2. The fourth-order valence-electron chi connectivity index (χ4n) is 3.04. The van der Waals surface area contributed by atoms with Crippen molar-refractivity contribution in [3.8, 4) is 5.69 Å². The first-order valence-corrected chi connectivity index (χ1v) is 7.89. The van der Waals surface area contributed by atoms with E-state index in [2.05, 4.69) is 10.4 Å². The van der Waals surface area contributed by atoms with Crippen LogP contribution in [0.15, 0.2) is 30.5 Å². The lowest BCUT2D eigenvalue weighted by molar-refractivity contribution is -0.137. The molecule has 1 aliphatic rings. The van der Waals surface area contributed by atoms with Crippen LogP contribution in [0.5, 0.6) is 0 Å². The lowest BCUT2D eigenvalue weighted by Gasteiger charge is -2.12. The smallest absolute Gasteiger partial charge is 0.349 e. The topological polar surface area (TPSA) is 46.9 Å². The van der Waals surface area contributed by atoms with Crippen molar-refractivity contribution in [2.24, 2.45) is 0 Å². The Kier molecular flexibility index (Phi) is 4.34. The van der Waals surface area contributed by atoms with Crippen LogP contribution >= 0.6 is 0 Å². The van der Waals surface area contributed by atoms with Crippen molar-refractivity contribution in [1.29, 1.82) is 0 Å². The molecule has 7 heteroatoms. The van der Waals surface area contributed by atoms with Crippen LogP contribution in [0.3, 0.4) is 0 Å². The number of nitrogens with zero attached hydrogens (tertiary/aromatic N) is 2. The predicted molar refractivity (Wildman–Crippen MR) is 83.0 cm³/mol. The van der Waals surface area contributed by atoms with Gasteiger partial charge in [-0.05, 0) is 38.0 Å². The first-order chi connectivity index (χ1) is 11.4. The molecule has 128 valence electrons. The highest BCUT2D eigenvalue weighted by atomic mass is 19.4. The number of hydrogen-bond acceptors (Lipinski definition) is 2. The predicted octanol–water partition coefficient (Wildman–Crippen LogP) is 3.87. The lowest BCUT2D eigenvalue weighted by Crippen LogP contribution is -2.32. The van der Waals surface area contributed by atoms with E-state index in [4.69, 9.17) is 0 Å². The Bertz CT molecular complexity index is 746. The van der Waals surface area contributed by atoms with E-state index in [1.54, 1.807) is 6.92 Å². The quantitative estimate of drug-likeness (QED) is 0.924. The minimum absolute atomic E-state index is 0.175. The van der Waals surface area contributed by atoms with Crippen molar-refractivity contribution in [2.45, 2.75) is 44.8 Å². The summed E-state index contributed by atoms with van der Waals surface area (Å²) in [7, 11) is 0. The van der Waals surface area contributed by atoms with Crippen LogP contribution in [-0.4, -0.2) is 21.7 Å². The monoisotopic (exact) mass is 337 g/mol. The van der Waals surface area contributed by atoms with Crippen LogP contribution in [0.4, 0.5) is 13.2 Å². The molecule has 1 aliphatic carbocycles. The summed E-state index contributed by atoms with van der Waals surface area (Å²) in [6.45, 7) is 1.68. The van der Waals surface area contributed by atoms with Gasteiger partial charge in [-0.2, -0.15) is 18.3 Å². The van der Waals surface area contributed by atoms with Gasteiger partial charge in [0.2, 0.25) is 0 Å². The molecule has 0 unspecified atom stereocenters. The van der Waals surface area contributed by atoms with Gasteiger partial charge in [0.15, 0.2) is 0 Å². The lowest BCUT2D eigenvalue weighted by atomic mass is 10.1. The third-order valence-electron chi connectivity index (χ3n) is 4.36. The molecule has 2 aromatic rings. The van der Waals surface area contributed by atoms with Crippen molar-refractivity contribution in [3.63, 3.8) is 0 Å². The maximum atomic E-state index is 12.9. The summed E-state index contributed by atoms with van der Waals surface area (Å²) in [5.41, 5.74) is 0.443. The minimum atomic E-state index is -4.42. The van der Waals surface area contributed by atoms with E-state index in [1.165, 1.54) is 23.0 Å². The Morgan fingerprint density at radius 3 is 2.67 bits per heavy atom. The second-order valence-corrected chi connectivity index (χ2v) is 6.06. The van der Waals surface area contributed by atoms with Gasteiger partial charge >= 0.3 is 6.18 Å². The Labute approximate surface area is 137 Å². The summed E-state index contributed by atoms with van der Waals surface area (Å²) >= 11 is 0. The normalized spacial score (nSPS) is 15.7. The molecule has 0 atom stereocenters. The standard InChI is InChI=1S/C17H18F3N3O/c1-11-15(16(24)22-13-6-2-3-7-13)10-21-23(11)14-8-4-5-12(9-14)17(18,19)20/h4-5,8-10,13H,2-3,6-7H2,1H3,(H,22,24). The van der Waals surface area contributed by atoms with Crippen molar-refractivity contribution in [3.05, 3.63) is 47.3 Å². The van der Waals surface area contributed by atoms with E-state index in [1.807, 2.05) is 0 Å². The molecule has 1 aromatic carbocycles. The number of alkyl halides is 3. The van der Waals surface area contributed by atoms with E-state index in [0.717, 1.165) is 37.8 Å². The zero-order chi connectivity index (χ0) is 17.3. The summed E-state index contributed by atoms with van der Waals surface area (Å²) in [4.78, 5) is 12.3. The molecule has 3 rings (SSSR count). The van der Waals surface area contributed by atoms with Crippen LogP contribution in [0.2, 0.25) is 0 Å². The summed E-state index contributed by atoms with van der Waals surface area (Å²) in [6, 6.07) is 5.08. The number of carbonyl (C=O) groups is 1. The maximum Gasteiger partial charge on any atom is 0.416 e. The van der Waals surface area contributed by atoms with E-state index in [-0.39, 0.29) is 17.6 Å². The number of amides is 1. The van der Waals surface area contributed by atoms with Gasteiger partial charge in [-0.1, -0.05) is 18.9 Å². The molecule has 0 bridgehead atoms. The molecule has 0 radical (unpaired) electrons. The van der Waals surface area contributed by atoms with Crippen molar-refractivity contribution >= 4 is 5.91 Å². The van der Waals surface area contributed by atoms with Crippen LogP contribution in [-0.2, 0) is 6.18 Å². The Morgan fingerprint density at radius 2 is 2.00 bits per heavy atom. The highest BCUT2D eigenvalue weighted by molar-refractivity contribution is 5.95. The molecule has 0 spiro atoms. The fraction of sp³-hybridized carbons (Fsp3) is 0.412. The van der Waals surface area contributed by atoms with Gasteiger partial charge < -0.3 is 5.32 Å². The molecule has 1 N–H and O–H groups in total. The van der Waals surface area contributed by atoms with E-state index in [9.17, 15) is 18.0 Å². The average Bonchev–Trinajstić information content (AvgIpc) is 3.16. The van der Waals surface area contributed by atoms with Gasteiger partial charge in [-0.3, -0.25) is 4.79 Å². The molecule has 1 heterocycles. The number of carbonyl (C=O) groups excluding carboxylic acids is 1. The molecule has 4 nitrogen and oxygen atoms in total. The molecule has 24 heavy (non-hydrogen) atoms. The molecule has 1 saturated carbocycles. The highest BCUT2D eigenvalue weighted by Gasteiger charge is 2.31. The minimum Gasteiger partial charge on any atom is -0.349 e. The fourth-order valence-corrected chi connectivity index (χ4v) is 3.04. The van der Waals surface area contributed by atoms with Gasteiger partial charge in [0.25, 0.3) is 5.91 Å². The Balaban J connectivity index is 1.86. The molecule has 0 saturated heterocycles. The third kappa shape index (κ3) is 3.29. The zero-order valence-electron chi connectivity index (χ0n) is 13.2. The van der Waals surface area contributed by atoms with Gasteiger partial charge in [0.05, 0.1) is 28.7 Å². The average molecular weight is 337 g/mol. The summed E-state index contributed by atoms with van der Waals surface area (Å²) < 4.78 is 39.9. The van der Waals surface area contributed by atoms with Crippen LogP contribution in [0.25, 0.3) is 5.69 Å². The number of halogens is 3. The largest absolute Gasteiger partial charge is 0.416 e. The first kappa shape index (κ1) is 16.5. The van der Waals surface area contributed by atoms with Crippen LogP contribution in [0.1, 0.15) is 47.3 Å². The number of rotatable bonds is 3. The van der Waals surface area contributed by atoms with Gasteiger partial charge in [-0.15, -0.1) is 0 Å². The number of hydrogen-bond donors (Lipinski definition) is 1. The highest BCUT2D eigenvalue weighted by Crippen LogP contribution is 2.30. The van der Waals surface area contributed by atoms with E-state index in [0.29, 0.717) is 11.3 Å². The van der Waals surface area contributed by atoms with Crippen molar-refractivity contribution < 1.29 is 18.0 Å². The second-order valence-electron chi connectivity index (χ2n) is 6.06. The third-order valence-corrected chi connectivity index (χ3v) is 4.36. The summed E-state index contributed by atoms with van der Waals surface area (Å²) in [5, 5.41) is 7.06. The van der Waals surface area contributed by atoms with E-state index < -0.39 is 11.7 Å². The van der Waals surface area contributed by atoms with E-state index >= 15 is 0 Å². The van der Waals surface area contributed by atoms with Gasteiger partial charge in [0, 0.05) is 6.04 Å². The first-order valence-electron chi connectivity index (χ1n) is 7.89. The van der Waals surface area contributed by atoms with Gasteiger partial charge in [-0.25, -0.2) is 4.68 Å². The summed E-state index contributed by atoms with van der Waals surface area (Å²) in [6.07, 6.45) is 1.12. The van der Waals surface area contributed by atoms with Crippen LogP contribution in [0, 0.1) is 6.92 Å². The molecule has 1 fully saturated rings. The molecule has 1 amide bonds. The number of aromatic nitrogens is 2. The molecular formula is C17H18F3N3O. The Morgan fingerprint density at radius 1 is 1.29 bits per heavy atom. The van der Waals surface area contributed by atoms with Crippen molar-refractivity contribution in [1.82, 2.24) is 15.1 Å². The SMILES string of the molecule is Cc1c(C(=O)NC2CCCC2)cnn1-c1cccc(C(F)(F)F)c1. The van der Waals surface area contributed by atoms with Crippen LogP contribution < -0.4 is 5.32 Å². The maximum absolute atomic E-state index is 12.9. The number of benzene rings is 1. The molecule has 1 aromatic heterocycles. The summed E-state index contributed by atoms with van der Waals surface area (Å²) in [5.74, 6) is -0.224. The second kappa shape index (κ2) is 6.30. The number of nitrogens with one attached hydrogen (secondary N) is 1. The molecule has 0 aliphatic heterocycles. The molecular weight excluding hydrogens is 319 g/mol. The van der Waals surface area contributed by atoms with Gasteiger partial charge in [0.1, 0.15) is 0 Å². The van der Waals surface area contributed by atoms with Crippen molar-refractivity contribution in [2.75, 3.05) is 0 Å².